The Morgan fingerprint density at radius 3 is 0.100 bits per heavy atom. The van der Waals surface area contributed by atoms with Gasteiger partial charge in [-0.15, -0.1) is 0 Å². The van der Waals surface area contributed by atoms with Gasteiger partial charge in [0, 0.05) is 186 Å². The Bertz CT molecular complexity index is 0. The zero-order chi connectivity index (χ0) is 0. The summed E-state index contributed by atoms with van der Waals surface area (Å²) in [5, 5.41) is 0. The van der Waals surface area contributed by atoms with Crippen LogP contribution in [0.15, 0.2) is 0 Å². The molecule has 0 aliphatic heterocycles. The minimum atomic E-state index is 0. The van der Waals surface area contributed by atoms with E-state index in [1.165, 1.54) is 0 Å². The molecule has 0 amide bonds. The zero-order valence-electron chi connectivity index (χ0n) is 4.47. The number of rotatable bonds is 0. The van der Waals surface area contributed by atoms with Crippen molar-refractivity contribution in [3.8, 4) is 0 Å². The fraction of sp³-hybridized carbons (Fsp3) is 0. The molecule has 0 rings (SSSR count). The summed E-state index contributed by atoms with van der Waals surface area (Å²) in [5.41, 5.74) is 0. The quantitative estimate of drug-likeness (QED) is 0.431. The smallest absolute Gasteiger partial charge is 0 e. The van der Waals surface area contributed by atoms with E-state index < -0.39 is 0 Å². The molecule has 50 valence electrons. The van der Waals surface area contributed by atoms with Crippen molar-refractivity contribution in [3.63, 3.8) is 0 Å². The molecule has 0 aromatic carbocycles. The Kier molecular flexibility index (Phi) is 851. The Balaban J connectivity index is 0. The summed E-state index contributed by atoms with van der Waals surface area (Å²) in [6.07, 6.45) is 0. The first-order valence-corrected chi connectivity index (χ1v) is 0. The molecular formula is V10. The zero-order valence-corrected chi connectivity index (χ0v) is 18.4. The van der Waals surface area contributed by atoms with E-state index in [2.05, 4.69) is 0 Å². The molecule has 0 spiro atoms. The molecule has 0 nitrogen and oxygen atoms in total. The standard InChI is InChI=1S/10V. The topological polar surface area (TPSA) is 0 Å². The third-order valence-electron chi connectivity index (χ3n) is 0. The van der Waals surface area contributed by atoms with Crippen LogP contribution in [0.25, 0.3) is 0 Å². The van der Waals surface area contributed by atoms with Crippen molar-refractivity contribution in [1.82, 2.24) is 0 Å². The van der Waals surface area contributed by atoms with Gasteiger partial charge in [-0.2, -0.15) is 0 Å². The van der Waals surface area contributed by atoms with Gasteiger partial charge in [0.15, 0.2) is 0 Å². The van der Waals surface area contributed by atoms with E-state index >= 15 is 0 Å². The predicted octanol–water partition coefficient (Wildman–Crippen LogP) is -0.0250. The van der Waals surface area contributed by atoms with E-state index in [4.69, 9.17) is 0 Å². The van der Waals surface area contributed by atoms with Gasteiger partial charge in [0.1, 0.15) is 0 Å². The normalized spacial score (nSPS) is 0. The molecule has 0 saturated carbocycles. The van der Waals surface area contributed by atoms with Gasteiger partial charge >= 0.3 is 0 Å². The largest absolute Gasteiger partial charge is 0 e. The van der Waals surface area contributed by atoms with Crippen LogP contribution in [0.1, 0.15) is 0 Å². The summed E-state index contributed by atoms with van der Waals surface area (Å²) in [7, 11) is 0. The van der Waals surface area contributed by atoms with E-state index in [0.29, 0.717) is 0 Å². The molecular weight excluding hydrogens is 509 g/mol. The van der Waals surface area contributed by atoms with Crippen LogP contribution in [0, 0.1) is 0 Å². The van der Waals surface area contributed by atoms with E-state index in [1.54, 1.807) is 0 Å². The number of hydrogen-bond donors (Lipinski definition) is 0. The van der Waals surface area contributed by atoms with E-state index in [9.17, 15) is 0 Å². The van der Waals surface area contributed by atoms with Gasteiger partial charge < -0.3 is 0 Å². The fourth-order valence-electron chi connectivity index (χ4n) is 0. The molecule has 0 aromatic heterocycles. The van der Waals surface area contributed by atoms with E-state index in [1.807, 2.05) is 0 Å². The van der Waals surface area contributed by atoms with Crippen LogP contribution in [0.5, 0.6) is 0 Å². The van der Waals surface area contributed by atoms with Crippen molar-refractivity contribution in [2.45, 2.75) is 0 Å². The van der Waals surface area contributed by atoms with Crippen LogP contribution in [-0.2, 0) is 186 Å². The maximum atomic E-state index is 0. The summed E-state index contributed by atoms with van der Waals surface area (Å²) in [5.74, 6) is 0. The fourth-order valence-corrected chi connectivity index (χ4v) is 0. The summed E-state index contributed by atoms with van der Waals surface area (Å²) in [6, 6.07) is 0. The SMILES string of the molecule is [V].[V].[V].[V].[V].[V].[V].[V].[V].[V]. The van der Waals surface area contributed by atoms with Crippen LogP contribution in [0.2, 0.25) is 0 Å². The van der Waals surface area contributed by atoms with Crippen LogP contribution in [-0.4, -0.2) is 0 Å². The van der Waals surface area contributed by atoms with Gasteiger partial charge in [0.2, 0.25) is 0 Å². The Hall–Kier alpha value is 5.84. The first-order valence-electron chi connectivity index (χ1n) is 0. The third kappa shape index (κ3) is 66.9. The molecule has 0 aliphatic carbocycles. The molecule has 0 bridgehead atoms. The van der Waals surface area contributed by atoms with E-state index in [-0.39, 0.29) is 186 Å². The molecule has 0 unspecified atom stereocenters. The van der Waals surface area contributed by atoms with Crippen molar-refractivity contribution in [2.75, 3.05) is 0 Å². The van der Waals surface area contributed by atoms with Crippen molar-refractivity contribution >= 4 is 0 Å². The Morgan fingerprint density at radius 2 is 0.100 bits per heavy atom. The number of hydrogen-bond acceptors (Lipinski definition) is 0. The summed E-state index contributed by atoms with van der Waals surface area (Å²) >= 11 is 0. The van der Waals surface area contributed by atoms with Gasteiger partial charge in [0.25, 0.3) is 0 Å². The van der Waals surface area contributed by atoms with Crippen LogP contribution >= 0.6 is 0 Å². The predicted molar refractivity (Wildman–Crippen MR) is 0 cm³/mol. The van der Waals surface area contributed by atoms with Crippen molar-refractivity contribution < 1.29 is 186 Å². The van der Waals surface area contributed by atoms with Gasteiger partial charge in [-0.05, 0) is 0 Å². The van der Waals surface area contributed by atoms with Gasteiger partial charge in [0.05, 0.1) is 0 Å². The molecule has 0 heterocycles. The maximum absolute atomic E-state index is 0. The molecule has 0 aromatic rings. The molecule has 0 N–H and O–H groups in total. The Morgan fingerprint density at radius 1 is 0.100 bits per heavy atom. The van der Waals surface area contributed by atoms with Gasteiger partial charge in [-0.25, -0.2) is 0 Å². The van der Waals surface area contributed by atoms with Gasteiger partial charge in [-0.3, -0.25) is 0 Å². The Labute approximate surface area is 181 Å². The average molecular weight is 509 g/mol. The van der Waals surface area contributed by atoms with Crippen LogP contribution < -0.4 is 0 Å². The van der Waals surface area contributed by atoms with Crippen LogP contribution in [0.4, 0.5) is 0 Å². The minimum absolute atomic E-state index is 0. The molecule has 0 fully saturated rings. The minimum Gasteiger partial charge on any atom is 0 e. The average Bonchev–Trinajstić information content (AvgIpc) is 0. The molecule has 0 atom stereocenters. The molecule has 10 radical (unpaired) electrons. The summed E-state index contributed by atoms with van der Waals surface area (Å²) in [6.45, 7) is 0. The first-order chi connectivity index (χ1) is 0. The first kappa shape index (κ1) is 102. The third-order valence-corrected chi connectivity index (χ3v) is 0. The molecule has 0 aliphatic rings. The van der Waals surface area contributed by atoms with Crippen LogP contribution in [0.3, 0.4) is 0 Å². The molecule has 10 heavy (non-hydrogen) atoms. The maximum Gasteiger partial charge on any atom is 0 e. The van der Waals surface area contributed by atoms with Crippen molar-refractivity contribution in [3.05, 3.63) is 0 Å². The van der Waals surface area contributed by atoms with Gasteiger partial charge in [-0.1, -0.05) is 0 Å². The molecule has 0 saturated heterocycles. The summed E-state index contributed by atoms with van der Waals surface area (Å²) in [4.78, 5) is 0. The second kappa shape index (κ2) is 83.3. The summed E-state index contributed by atoms with van der Waals surface area (Å²) < 4.78 is 0. The second-order valence-electron chi connectivity index (χ2n) is 0. The van der Waals surface area contributed by atoms with Crippen molar-refractivity contribution in [2.24, 2.45) is 0 Å². The van der Waals surface area contributed by atoms with E-state index in [0.717, 1.165) is 0 Å². The molecule has 10 heteroatoms. The second-order valence-corrected chi connectivity index (χ2v) is 0. The van der Waals surface area contributed by atoms with Crippen molar-refractivity contribution in [1.29, 1.82) is 0 Å². The monoisotopic (exact) mass is 509 g/mol.